The Bertz CT molecular complexity index is 3330. The predicted octanol–water partition coefficient (Wildman–Crippen LogP) is 4.36. The van der Waals surface area contributed by atoms with Crippen molar-refractivity contribution in [2.45, 2.75) is 0 Å². The summed E-state index contributed by atoms with van der Waals surface area (Å²) >= 11 is 0. The lowest BCUT2D eigenvalue weighted by atomic mass is 9.97. The Labute approximate surface area is 349 Å². The number of aromatic carboxylic acids is 8. The first-order valence-electron chi connectivity index (χ1n) is 17.7. The molecule has 0 unspecified atom stereocenters. The van der Waals surface area contributed by atoms with Gasteiger partial charge in [0, 0.05) is 44.2 Å². The molecule has 0 fully saturated rings. The Balaban J connectivity index is 1.52. The lowest BCUT2D eigenvalue weighted by molar-refractivity contribution is 0.0651. The minimum Gasteiger partial charge on any atom is -0.478 e. The normalized spacial score (nSPS) is 11.5. The third kappa shape index (κ3) is 6.01. The van der Waals surface area contributed by atoms with Crippen LogP contribution in [-0.4, -0.2) is 128 Å². The van der Waals surface area contributed by atoms with Crippen molar-refractivity contribution >= 4 is 69.8 Å². The van der Waals surface area contributed by atoms with Crippen molar-refractivity contribution in [3.05, 3.63) is 93.0 Å². The van der Waals surface area contributed by atoms with Gasteiger partial charge in [0.2, 0.25) is 0 Å². The highest BCUT2D eigenvalue weighted by atomic mass is 16.4. The third-order valence-corrected chi connectivity index (χ3v) is 10.2. The molecule has 0 spiro atoms. The topological polar surface area (TPSA) is 407 Å². The van der Waals surface area contributed by atoms with Crippen molar-refractivity contribution < 1.29 is 79.2 Å². The number of carbonyl (C=O) groups is 8. The van der Waals surface area contributed by atoms with Crippen LogP contribution in [0.1, 0.15) is 82.9 Å². The fourth-order valence-corrected chi connectivity index (χ4v) is 7.39. The molecular formula is C40H18N8O16. The van der Waals surface area contributed by atoms with Crippen LogP contribution in [0.3, 0.4) is 0 Å². The average molecular weight is 867 g/mol. The number of H-pyrrole nitrogens is 2. The van der Waals surface area contributed by atoms with Gasteiger partial charge in [-0.1, -0.05) is 0 Å². The summed E-state index contributed by atoms with van der Waals surface area (Å²) in [6.07, 6.45) is 0. The summed E-state index contributed by atoms with van der Waals surface area (Å²) < 4.78 is 0. The molecule has 314 valence electrons. The van der Waals surface area contributed by atoms with Gasteiger partial charge < -0.3 is 50.8 Å². The van der Waals surface area contributed by atoms with Crippen LogP contribution in [0.4, 0.5) is 0 Å². The first kappa shape index (κ1) is 39.5. The molecule has 10 N–H and O–H groups in total. The summed E-state index contributed by atoms with van der Waals surface area (Å²) in [4.78, 5) is 131. The summed E-state index contributed by atoms with van der Waals surface area (Å²) in [6.45, 7) is 0. The molecule has 0 amide bonds. The van der Waals surface area contributed by atoms with E-state index in [1.807, 2.05) is 0 Å². The summed E-state index contributed by atoms with van der Waals surface area (Å²) in [6, 6.07) is 7.53. The lowest BCUT2D eigenvalue weighted by Gasteiger charge is -2.07. The number of hydrogen-bond acceptors (Lipinski definition) is 14. The SMILES string of the molecule is O=C(O)c1cc2c(cc1C(=O)O)-c1nc-2nc2nc([nH]c3nc(nc4[nH]c(n1)c1cc(C(=O)O)c(C(=O)O)cc41)-c1cc(C(=O)O)c(C(=O)O)cc1-3)-c1cc(C(=O)O)c(C(=O)O)cc1-2. The number of benzene rings is 4. The zero-order valence-corrected chi connectivity index (χ0v) is 31.1. The molecule has 64 heavy (non-hydrogen) atoms. The molecule has 0 atom stereocenters. The number of rotatable bonds is 8. The van der Waals surface area contributed by atoms with Crippen molar-refractivity contribution in [2.24, 2.45) is 0 Å². The molecule has 3 aliphatic rings. The smallest absolute Gasteiger partial charge is 0.336 e. The number of aromatic nitrogens is 8. The first-order valence-corrected chi connectivity index (χ1v) is 17.7. The zero-order valence-electron chi connectivity index (χ0n) is 31.1. The van der Waals surface area contributed by atoms with Crippen molar-refractivity contribution in [3.63, 3.8) is 0 Å². The highest BCUT2D eigenvalue weighted by Gasteiger charge is 2.32. The van der Waals surface area contributed by atoms with Gasteiger partial charge in [0.1, 0.15) is 22.9 Å². The van der Waals surface area contributed by atoms with E-state index in [9.17, 15) is 79.2 Å². The largest absolute Gasteiger partial charge is 0.478 e. The van der Waals surface area contributed by atoms with Gasteiger partial charge >= 0.3 is 47.8 Å². The average Bonchev–Trinajstić information content (AvgIpc) is 3.96. The van der Waals surface area contributed by atoms with E-state index in [4.69, 9.17) is 0 Å². The Hall–Kier alpha value is -10.0. The summed E-state index contributed by atoms with van der Waals surface area (Å²) in [7, 11) is 0. The number of carboxylic acids is 8. The van der Waals surface area contributed by atoms with E-state index in [2.05, 4.69) is 39.9 Å². The Morgan fingerprint density at radius 3 is 0.844 bits per heavy atom. The van der Waals surface area contributed by atoms with E-state index in [0.29, 0.717) is 0 Å². The fraction of sp³-hybridized carbons (Fsp3) is 0. The quantitative estimate of drug-likeness (QED) is 0.101. The summed E-state index contributed by atoms with van der Waals surface area (Å²) in [5, 5.41) is 79.9. The van der Waals surface area contributed by atoms with E-state index < -0.39 is 98.1 Å². The molecule has 0 saturated heterocycles. The number of carboxylic acid groups (broad SMARTS) is 8. The molecule has 0 aliphatic carbocycles. The van der Waals surface area contributed by atoms with Crippen LogP contribution in [-0.2, 0) is 0 Å². The van der Waals surface area contributed by atoms with Crippen molar-refractivity contribution in [1.82, 2.24) is 39.9 Å². The summed E-state index contributed by atoms with van der Waals surface area (Å²) in [5.41, 5.74) is -7.08. The van der Waals surface area contributed by atoms with Gasteiger partial charge in [-0.05, 0) is 48.5 Å². The highest BCUT2D eigenvalue weighted by molar-refractivity contribution is 6.14. The second-order valence-electron chi connectivity index (χ2n) is 13.8. The molecule has 4 aromatic carbocycles. The second-order valence-corrected chi connectivity index (χ2v) is 13.8. The monoisotopic (exact) mass is 866 g/mol. The molecule has 0 saturated carbocycles. The molecule has 9 rings (SSSR count). The maximum atomic E-state index is 12.4. The molecule has 8 bridgehead atoms. The Morgan fingerprint density at radius 1 is 0.297 bits per heavy atom. The summed E-state index contributed by atoms with van der Waals surface area (Å²) in [5.74, 6) is -15.4. The molecule has 2 aromatic heterocycles. The molecule has 24 nitrogen and oxygen atoms in total. The van der Waals surface area contributed by atoms with Gasteiger partial charge in [-0.3, -0.25) is 0 Å². The van der Waals surface area contributed by atoms with Gasteiger partial charge in [-0.25, -0.2) is 68.3 Å². The van der Waals surface area contributed by atoms with Gasteiger partial charge in [-0.2, -0.15) is 0 Å². The highest BCUT2D eigenvalue weighted by Crippen LogP contribution is 2.42. The third-order valence-electron chi connectivity index (χ3n) is 10.2. The van der Waals surface area contributed by atoms with Crippen LogP contribution in [0, 0.1) is 0 Å². The Morgan fingerprint density at radius 2 is 0.531 bits per heavy atom. The first-order chi connectivity index (χ1) is 30.3. The van der Waals surface area contributed by atoms with Crippen LogP contribution in [0.25, 0.3) is 90.4 Å². The van der Waals surface area contributed by atoms with Crippen LogP contribution < -0.4 is 0 Å². The van der Waals surface area contributed by atoms with Crippen molar-refractivity contribution in [3.8, 4) is 68.3 Å². The van der Waals surface area contributed by atoms with Gasteiger partial charge in [0.15, 0.2) is 23.3 Å². The van der Waals surface area contributed by atoms with Crippen LogP contribution in [0.2, 0.25) is 0 Å². The lowest BCUT2D eigenvalue weighted by Crippen LogP contribution is -2.09. The number of nitrogens with zero attached hydrogens (tertiary/aromatic N) is 6. The fourth-order valence-electron chi connectivity index (χ4n) is 7.39. The van der Waals surface area contributed by atoms with E-state index >= 15 is 0 Å². The molecule has 3 aliphatic heterocycles. The number of aromatic amines is 2. The number of fused-ring (bicyclic) bond motifs is 20. The van der Waals surface area contributed by atoms with E-state index in [1.165, 1.54) is 0 Å². The van der Waals surface area contributed by atoms with Crippen molar-refractivity contribution in [2.75, 3.05) is 0 Å². The van der Waals surface area contributed by atoms with Crippen molar-refractivity contribution in [1.29, 1.82) is 0 Å². The number of hydrogen-bond donors (Lipinski definition) is 10. The molecule has 5 heterocycles. The zero-order chi connectivity index (χ0) is 45.8. The standard InChI is InChI=1S/C40H18N8O16/c49-33(50)17-1-9-10(2-18(17)34(51)52)26-41-25(9)45-27-11-3-19(35(53)54)20(36(55)56)4-12(11)29(42-27)47-31-15-7-23(39(61)62)24(40(63)64)8-16(15)32(44-31)48-30-14-6-22(38(59)60)21(37(57)58)5-13(14)28(43-30)46-26/h1-8H,(H,49,50)(H,51,52)(H,53,54)(H,55,56)(H,57,58)(H,59,60)(H,61,62)(H,63,64)(H2,41,42,43,44,45,46,47,48). The molecule has 6 aromatic rings. The minimum atomic E-state index is -1.67. The van der Waals surface area contributed by atoms with Crippen LogP contribution in [0.15, 0.2) is 48.5 Å². The predicted molar refractivity (Wildman–Crippen MR) is 210 cm³/mol. The number of nitrogens with one attached hydrogen (secondary N) is 2. The van der Waals surface area contributed by atoms with E-state index in [-0.39, 0.29) is 84.6 Å². The minimum absolute atomic E-state index is 0.107. The molecule has 0 radical (unpaired) electrons. The molecule has 24 heteroatoms. The van der Waals surface area contributed by atoms with Crippen LogP contribution in [0.5, 0.6) is 0 Å². The maximum absolute atomic E-state index is 12.4. The van der Waals surface area contributed by atoms with Crippen LogP contribution >= 0.6 is 0 Å². The maximum Gasteiger partial charge on any atom is 0.336 e. The van der Waals surface area contributed by atoms with E-state index in [0.717, 1.165) is 48.5 Å². The molecular weight excluding hydrogens is 848 g/mol. The Kier molecular flexibility index (Phi) is 8.49. The second kappa shape index (κ2) is 13.8. The van der Waals surface area contributed by atoms with Gasteiger partial charge in [-0.15, -0.1) is 0 Å². The van der Waals surface area contributed by atoms with Gasteiger partial charge in [0.25, 0.3) is 0 Å². The van der Waals surface area contributed by atoms with E-state index in [1.54, 1.807) is 0 Å². The van der Waals surface area contributed by atoms with Gasteiger partial charge in [0.05, 0.1) is 44.5 Å².